The molecule has 0 aromatic heterocycles. The van der Waals surface area contributed by atoms with E-state index in [9.17, 15) is 9.59 Å². The number of methoxy groups -OCH3 is 1. The molecule has 0 bridgehead atoms. The summed E-state index contributed by atoms with van der Waals surface area (Å²) in [6.45, 7) is 0.199. The lowest BCUT2D eigenvalue weighted by Gasteiger charge is -2.17. The fourth-order valence-electron chi connectivity index (χ4n) is 2.52. The predicted molar refractivity (Wildman–Crippen MR) is 90.3 cm³/mol. The third-order valence-electron chi connectivity index (χ3n) is 3.81. The molecule has 0 aliphatic carbocycles. The molecule has 25 heavy (non-hydrogen) atoms. The molecule has 1 heterocycles. The molecule has 0 spiro atoms. The van der Waals surface area contributed by atoms with Crippen LogP contribution in [0.15, 0.2) is 53.7 Å². The van der Waals surface area contributed by atoms with Crippen molar-refractivity contribution in [2.24, 2.45) is 5.16 Å². The van der Waals surface area contributed by atoms with Crippen molar-refractivity contribution in [2.75, 3.05) is 18.6 Å². The van der Waals surface area contributed by atoms with Gasteiger partial charge in [-0.2, -0.15) is 0 Å². The van der Waals surface area contributed by atoms with Crippen molar-refractivity contribution in [1.82, 2.24) is 0 Å². The van der Waals surface area contributed by atoms with E-state index in [2.05, 4.69) is 5.16 Å². The molecule has 1 fully saturated rings. The Balaban J connectivity index is 1.80. The van der Waals surface area contributed by atoms with Crippen molar-refractivity contribution < 1.29 is 24.3 Å². The van der Waals surface area contributed by atoms with Crippen molar-refractivity contribution in [2.45, 2.75) is 6.61 Å². The molecule has 1 N–H and O–H groups in total. The quantitative estimate of drug-likeness (QED) is 0.664. The SMILES string of the molecule is COc1cc(N2CC(=O)/C(=N/O)C2=O)ccc1OCc1ccccc1. The topological polar surface area (TPSA) is 88.4 Å². The first-order valence-electron chi connectivity index (χ1n) is 7.56. The summed E-state index contributed by atoms with van der Waals surface area (Å²) in [7, 11) is 1.49. The third-order valence-corrected chi connectivity index (χ3v) is 3.81. The van der Waals surface area contributed by atoms with Gasteiger partial charge in [0.15, 0.2) is 11.5 Å². The van der Waals surface area contributed by atoms with Gasteiger partial charge in [-0.05, 0) is 17.7 Å². The smallest absolute Gasteiger partial charge is 0.284 e. The van der Waals surface area contributed by atoms with Crippen LogP contribution in [0.5, 0.6) is 11.5 Å². The zero-order valence-electron chi connectivity index (χ0n) is 13.5. The first kappa shape index (κ1) is 16.5. The van der Waals surface area contributed by atoms with E-state index in [1.54, 1.807) is 18.2 Å². The number of anilines is 1. The summed E-state index contributed by atoms with van der Waals surface area (Å²) in [5.74, 6) is -0.226. The lowest BCUT2D eigenvalue weighted by atomic mass is 10.2. The van der Waals surface area contributed by atoms with Gasteiger partial charge in [0.25, 0.3) is 5.91 Å². The lowest BCUT2D eigenvalue weighted by molar-refractivity contribution is -0.112. The van der Waals surface area contributed by atoms with E-state index >= 15 is 0 Å². The number of nitrogens with zero attached hydrogens (tertiary/aromatic N) is 2. The van der Waals surface area contributed by atoms with E-state index in [-0.39, 0.29) is 6.54 Å². The minimum atomic E-state index is -0.646. The van der Waals surface area contributed by atoms with E-state index in [0.717, 1.165) is 5.56 Å². The molecule has 1 saturated heterocycles. The van der Waals surface area contributed by atoms with Crippen LogP contribution in [-0.2, 0) is 16.2 Å². The Labute approximate surface area is 144 Å². The summed E-state index contributed by atoms with van der Waals surface area (Å²) >= 11 is 0. The Morgan fingerprint density at radius 2 is 1.88 bits per heavy atom. The molecule has 0 saturated carbocycles. The first-order chi connectivity index (χ1) is 12.1. The van der Waals surface area contributed by atoms with Gasteiger partial charge < -0.3 is 14.7 Å². The van der Waals surface area contributed by atoms with Crippen molar-refractivity contribution in [3.05, 3.63) is 54.1 Å². The maximum Gasteiger partial charge on any atom is 0.284 e. The highest BCUT2D eigenvalue weighted by molar-refractivity contribution is 6.72. The van der Waals surface area contributed by atoms with Crippen LogP contribution in [0.2, 0.25) is 0 Å². The van der Waals surface area contributed by atoms with Gasteiger partial charge in [0.1, 0.15) is 6.61 Å². The van der Waals surface area contributed by atoms with Gasteiger partial charge in [-0.25, -0.2) is 0 Å². The normalized spacial score (nSPS) is 15.7. The highest BCUT2D eigenvalue weighted by Gasteiger charge is 2.37. The number of hydrogen-bond donors (Lipinski definition) is 1. The Morgan fingerprint density at radius 1 is 1.12 bits per heavy atom. The number of benzene rings is 2. The van der Waals surface area contributed by atoms with E-state index in [4.69, 9.17) is 14.7 Å². The Hall–Kier alpha value is -3.35. The molecule has 0 atom stereocenters. The van der Waals surface area contributed by atoms with E-state index in [0.29, 0.717) is 23.8 Å². The van der Waals surface area contributed by atoms with Crippen LogP contribution < -0.4 is 14.4 Å². The number of ether oxygens (including phenoxy) is 2. The molecule has 2 aromatic rings. The monoisotopic (exact) mass is 340 g/mol. The summed E-state index contributed by atoms with van der Waals surface area (Å²) < 4.78 is 11.1. The van der Waals surface area contributed by atoms with Crippen molar-refractivity contribution >= 4 is 23.1 Å². The van der Waals surface area contributed by atoms with Crippen LogP contribution in [0.4, 0.5) is 5.69 Å². The molecule has 3 rings (SSSR count). The van der Waals surface area contributed by atoms with Gasteiger partial charge in [0.2, 0.25) is 11.5 Å². The molecular formula is C18H16N2O5. The number of carbonyl (C=O) groups excluding carboxylic acids is 2. The van der Waals surface area contributed by atoms with Gasteiger partial charge in [0.05, 0.1) is 13.7 Å². The fourth-order valence-corrected chi connectivity index (χ4v) is 2.52. The minimum Gasteiger partial charge on any atom is -0.493 e. The average Bonchev–Trinajstić information content (AvgIpc) is 2.94. The maximum absolute atomic E-state index is 12.1. The van der Waals surface area contributed by atoms with Gasteiger partial charge in [-0.1, -0.05) is 35.5 Å². The van der Waals surface area contributed by atoms with Crippen molar-refractivity contribution in [1.29, 1.82) is 0 Å². The van der Waals surface area contributed by atoms with Crippen LogP contribution in [0.3, 0.4) is 0 Å². The van der Waals surface area contributed by atoms with Gasteiger partial charge in [0, 0.05) is 11.8 Å². The van der Waals surface area contributed by atoms with Crippen LogP contribution in [-0.4, -0.2) is 36.3 Å². The van der Waals surface area contributed by atoms with E-state index in [1.807, 2.05) is 30.3 Å². The molecule has 1 aliphatic heterocycles. The fraction of sp³-hybridized carbons (Fsp3) is 0.167. The standard InChI is InChI=1S/C18H16N2O5/c1-24-16-9-13(20-10-14(21)17(19-23)18(20)22)7-8-15(16)25-11-12-5-3-2-4-6-12/h2-9,23H,10-11H2,1H3/b19-17-. The molecule has 1 aliphatic rings. The number of hydrogen-bond acceptors (Lipinski definition) is 6. The number of ketones is 1. The van der Waals surface area contributed by atoms with Crippen molar-refractivity contribution in [3.63, 3.8) is 0 Å². The molecule has 2 aromatic carbocycles. The summed E-state index contributed by atoms with van der Waals surface area (Å²) in [5.41, 5.74) is 1.00. The van der Waals surface area contributed by atoms with Crippen LogP contribution >= 0.6 is 0 Å². The third kappa shape index (κ3) is 3.30. The highest BCUT2D eigenvalue weighted by atomic mass is 16.5. The minimum absolute atomic E-state index is 0.175. The Morgan fingerprint density at radius 3 is 2.52 bits per heavy atom. The number of Topliss-reactive ketones (excluding diaryl/α,β-unsaturated/α-hetero) is 1. The van der Waals surface area contributed by atoms with E-state index < -0.39 is 17.4 Å². The number of amides is 1. The number of oxime groups is 1. The maximum atomic E-state index is 12.1. The van der Waals surface area contributed by atoms with Gasteiger partial charge in [-0.3, -0.25) is 14.5 Å². The summed E-state index contributed by atoms with van der Waals surface area (Å²) in [4.78, 5) is 25.0. The molecular weight excluding hydrogens is 324 g/mol. The summed E-state index contributed by atoms with van der Waals surface area (Å²) in [6, 6.07) is 14.6. The number of carbonyl (C=O) groups is 2. The highest BCUT2D eigenvalue weighted by Crippen LogP contribution is 2.33. The Kier molecular flexibility index (Phi) is 4.65. The van der Waals surface area contributed by atoms with Gasteiger partial charge in [-0.15, -0.1) is 0 Å². The molecule has 0 unspecified atom stereocenters. The second-order valence-electron chi connectivity index (χ2n) is 5.37. The first-order valence-corrected chi connectivity index (χ1v) is 7.56. The zero-order valence-corrected chi connectivity index (χ0v) is 13.5. The van der Waals surface area contributed by atoms with E-state index in [1.165, 1.54) is 12.0 Å². The van der Waals surface area contributed by atoms with Crippen LogP contribution in [0.25, 0.3) is 0 Å². The second kappa shape index (κ2) is 7.04. The average molecular weight is 340 g/mol. The van der Waals surface area contributed by atoms with Crippen molar-refractivity contribution in [3.8, 4) is 11.5 Å². The molecule has 7 nitrogen and oxygen atoms in total. The summed E-state index contributed by atoms with van der Waals surface area (Å²) in [5, 5.41) is 11.5. The molecule has 1 amide bonds. The predicted octanol–water partition coefficient (Wildman–Crippen LogP) is 2.02. The summed E-state index contributed by atoms with van der Waals surface area (Å²) in [6.07, 6.45) is 0. The van der Waals surface area contributed by atoms with Crippen LogP contribution in [0, 0.1) is 0 Å². The number of rotatable bonds is 5. The lowest BCUT2D eigenvalue weighted by Crippen LogP contribution is -2.27. The zero-order chi connectivity index (χ0) is 17.8. The van der Waals surface area contributed by atoms with Gasteiger partial charge >= 0.3 is 0 Å². The molecule has 0 radical (unpaired) electrons. The molecule has 128 valence electrons. The van der Waals surface area contributed by atoms with Crippen LogP contribution in [0.1, 0.15) is 5.56 Å². The Bertz CT molecular complexity index is 833. The molecule has 7 heteroatoms. The second-order valence-corrected chi connectivity index (χ2v) is 5.37. The largest absolute Gasteiger partial charge is 0.493 e.